The number of hydrogen-bond donors (Lipinski definition) is 0. The molecule has 1 aliphatic rings. The van der Waals surface area contributed by atoms with Gasteiger partial charge in [-0.15, -0.1) is 0 Å². The summed E-state index contributed by atoms with van der Waals surface area (Å²) in [5.74, 6) is 0.255. The Balaban J connectivity index is 2.25. The number of carbonyl (C=O) groups is 1. The van der Waals surface area contributed by atoms with Gasteiger partial charge in [0.05, 0.1) is 6.04 Å². The normalized spacial score (nSPS) is 20.2. The van der Waals surface area contributed by atoms with E-state index in [0.29, 0.717) is 0 Å². The molecule has 98 valence electrons. The number of nitrogens with zero attached hydrogens (tertiary/aromatic N) is 1. The fourth-order valence-electron chi connectivity index (χ4n) is 2.50. The second-order valence-corrected chi connectivity index (χ2v) is 6.88. The first-order valence-electron chi connectivity index (χ1n) is 6.46. The third kappa shape index (κ3) is 2.77. The zero-order chi connectivity index (χ0) is 13.3. The highest BCUT2D eigenvalue weighted by atomic mass is 79.9. The van der Waals surface area contributed by atoms with E-state index in [1.807, 2.05) is 37.8 Å². The van der Waals surface area contributed by atoms with Crippen LogP contribution in [-0.2, 0) is 4.79 Å². The van der Waals surface area contributed by atoms with Crippen molar-refractivity contribution >= 4 is 21.8 Å². The minimum Gasteiger partial charge on any atom is -0.335 e. The van der Waals surface area contributed by atoms with E-state index < -0.39 is 0 Å². The molecule has 1 amide bonds. The number of likely N-dealkylation sites (tertiary alicyclic amines) is 1. The molecule has 1 unspecified atom stereocenters. The summed E-state index contributed by atoms with van der Waals surface area (Å²) in [5, 5.41) is 0. The molecular weight excluding hydrogens is 290 g/mol. The molecule has 0 saturated carbocycles. The monoisotopic (exact) mass is 309 g/mol. The Hall–Kier alpha value is -0.830. The van der Waals surface area contributed by atoms with Crippen molar-refractivity contribution in [3.8, 4) is 0 Å². The molecule has 1 aromatic rings. The first-order valence-corrected chi connectivity index (χ1v) is 7.25. The van der Waals surface area contributed by atoms with Crippen LogP contribution in [0.2, 0.25) is 0 Å². The summed E-state index contributed by atoms with van der Waals surface area (Å²) in [5.41, 5.74) is 0.939. The fourth-order valence-corrected chi connectivity index (χ4v) is 2.92. The van der Waals surface area contributed by atoms with Gasteiger partial charge in [0.25, 0.3) is 0 Å². The number of hydrogen-bond acceptors (Lipinski definition) is 1. The molecule has 0 aromatic heterocycles. The van der Waals surface area contributed by atoms with Crippen LogP contribution in [0.25, 0.3) is 0 Å². The zero-order valence-electron chi connectivity index (χ0n) is 11.2. The van der Waals surface area contributed by atoms with Crippen molar-refractivity contribution in [3.05, 3.63) is 34.3 Å². The highest BCUT2D eigenvalue weighted by Gasteiger charge is 2.35. The summed E-state index contributed by atoms with van der Waals surface area (Å²) in [7, 11) is 0. The van der Waals surface area contributed by atoms with Crippen molar-refractivity contribution < 1.29 is 4.79 Å². The van der Waals surface area contributed by atoms with Crippen LogP contribution < -0.4 is 0 Å². The van der Waals surface area contributed by atoms with Crippen LogP contribution in [0.5, 0.6) is 0 Å². The molecule has 0 spiro atoms. The molecule has 2 rings (SSSR count). The first kappa shape index (κ1) is 13.6. The van der Waals surface area contributed by atoms with Crippen LogP contribution in [0.1, 0.15) is 45.2 Å². The molecule has 0 aliphatic carbocycles. The van der Waals surface area contributed by atoms with Gasteiger partial charge in [0.2, 0.25) is 5.91 Å². The van der Waals surface area contributed by atoms with Crippen LogP contribution in [-0.4, -0.2) is 17.4 Å². The average Bonchev–Trinajstić information content (AvgIpc) is 2.75. The standard InChI is InChI=1S/C15H20BrNO/c1-15(2,3)14(18)17-9-5-8-13(17)11-6-4-7-12(16)10-11/h4,6-7,10,13H,5,8-9H2,1-3H3. The molecule has 18 heavy (non-hydrogen) atoms. The molecule has 1 aromatic carbocycles. The van der Waals surface area contributed by atoms with Gasteiger partial charge in [0.15, 0.2) is 0 Å². The van der Waals surface area contributed by atoms with Crippen molar-refractivity contribution in [2.75, 3.05) is 6.54 Å². The van der Waals surface area contributed by atoms with Crippen LogP contribution in [0.3, 0.4) is 0 Å². The van der Waals surface area contributed by atoms with E-state index >= 15 is 0 Å². The third-order valence-electron chi connectivity index (χ3n) is 3.39. The van der Waals surface area contributed by atoms with E-state index in [4.69, 9.17) is 0 Å². The quantitative estimate of drug-likeness (QED) is 0.763. The van der Waals surface area contributed by atoms with E-state index in [-0.39, 0.29) is 17.4 Å². The molecule has 1 saturated heterocycles. The Morgan fingerprint density at radius 1 is 1.39 bits per heavy atom. The summed E-state index contributed by atoms with van der Waals surface area (Å²) >= 11 is 3.50. The largest absolute Gasteiger partial charge is 0.335 e. The van der Waals surface area contributed by atoms with Gasteiger partial charge in [-0.1, -0.05) is 48.8 Å². The number of carbonyl (C=O) groups excluding carboxylic acids is 1. The smallest absolute Gasteiger partial charge is 0.228 e. The zero-order valence-corrected chi connectivity index (χ0v) is 12.8. The topological polar surface area (TPSA) is 20.3 Å². The maximum Gasteiger partial charge on any atom is 0.228 e. The Kier molecular flexibility index (Phi) is 3.81. The average molecular weight is 310 g/mol. The highest BCUT2D eigenvalue weighted by Crippen LogP contribution is 2.35. The lowest BCUT2D eigenvalue weighted by atomic mass is 9.93. The minimum atomic E-state index is -0.297. The molecule has 0 radical (unpaired) electrons. The molecular formula is C15H20BrNO. The van der Waals surface area contributed by atoms with Gasteiger partial charge in [-0.3, -0.25) is 4.79 Å². The predicted molar refractivity (Wildman–Crippen MR) is 77.3 cm³/mol. The van der Waals surface area contributed by atoms with Crippen LogP contribution in [0.4, 0.5) is 0 Å². The maximum atomic E-state index is 12.4. The van der Waals surface area contributed by atoms with E-state index in [1.54, 1.807) is 0 Å². The van der Waals surface area contributed by atoms with E-state index in [9.17, 15) is 4.79 Å². The molecule has 3 heteroatoms. The van der Waals surface area contributed by atoms with Crippen LogP contribution in [0.15, 0.2) is 28.7 Å². The van der Waals surface area contributed by atoms with E-state index in [1.165, 1.54) is 5.56 Å². The van der Waals surface area contributed by atoms with Crippen molar-refractivity contribution in [2.45, 2.75) is 39.7 Å². The lowest BCUT2D eigenvalue weighted by molar-refractivity contribution is -0.140. The highest BCUT2D eigenvalue weighted by molar-refractivity contribution is 9.10. The van der Waals surface area contributed by atoms with E-state index in [0.717, 1.165) is 23.9 Å². The Morgan fingerprint density at radius 2 is 2.11 bits per heavy atom. The maximum absolute atomic E-state index is 12.4. The summed E-state index contributed by atoms with van der Waals surface area (Å²) in [6.07, 6.45) is 2.16. The summed E-state index contributed by atoms with van der Waals surface area (Å²) < 4.78 is 1.08. The third-order valence-corrected chi connectivity index (χ3v) is 3.88. The lowest BCUT2D eigenvalue weighted by Crippen LogP contribution is -2.38. The second-order valence-electron chi connectivity index (χ2n) is 5.96. The van der Waals surface area contributed by atoms with Crippen LogP contribution >= 0.6 is 15.9 Å². The molecule has 0 N–H and O–H groups in total. The summed E-state index contributed by atoms with van der Waals surface area (Å²) in [6.45, 7) is 6.86. The van der Waals surface area contributed by atoms with Gasteiger partial charge in [-0.2, -0.15) is 0 Å². The first-order chi connectivity index (χ1) is 8.39. The molecule has 2 nitrogen and oxygen atoms in total. The summed E-state index contributed by atoms with van der Waals surface area (Å²) in [6, 6.07) is 8.54. The molecule has 0 bridgehead atoms. The summed E-state index contributed by atoms with van der Waals surface area (Å²) in [4.78, 5) is 14.5. The van der Waals surface area contributed by atoms with Gasteiger partial charge in [0, 0.05) is 16.4 Å². The predicted octanol–water partition coefficient (Wildman–Crippen LogP) is 4.16. The number of benzene rings is 1. The number of halogens is 1. The number of rotatable bonds is 1. The Morgan fingerprint density at radius 3 is 2.72 bits per heavy atom. The van der Waals surface area contributed by atoms with Crippen LogP contribution in [0, 0.1) is 5.41 Å². The molecule has 1 fully saturated rings. The second kappa shape index (κ2) is 5.04. The fraction of sp³-hybridized carbons (Fsp3) is 0.533. The number of amides is 1. The Labute approximate surface area is 117 Å². The van der Waals surface area contributed by atoms with Crippen molar-refractivity contribution in [3.63, 3.8) is 0 Å². The Bertz CT molecular complexity index is 450. The van der Waals surface area contributed by atoms with Gasteiger partial charge in [0.1, 0.15) is 0 Å². The SMILES string of the molecule is CC(C)(C)C(=O)N1CCCC1c1cccc(Br)c1. The van der Waals surface area contributed by atoms with Gasteiger partial charge >= 0.3 is 0 Å². The molecule has 1 atom stereocenters. The molecule has 1 heterocycles. The van der Waals surface area contributed by atoms with Gasteiger partial charge in [-0.05, 0) is 30.5 Å². The molecule has 1 aliphatic heterocycles. The van der Waals surface area contributed by atoms with Crippen molar-refractivity contribution in [1.82, 2.24) is 4.90 Å². The van der Waals surface area contributed by atoms with Crippen molar-refractivity contribution in [2.24, 2.45) is 5.41 Å². The minimum absolute atomic E-state index is 0.245. The lowest BCUT2D eigenvalue weighted by Gasteiger charge is -2.31. The van der Waals surface area contributed by atoms with Gasteiger partial charge in [-0.25, -0.2) is 0 Å². The van der Waals surface area contributed by atoms with Gasteiger partial charge < -0.3 is 4.90 Å². The van der Waals surface area contributed by atoms with Crippen molar-refractivity contribution in [1.29, 1.82) is 0 Å². The van der Waals surface area contributed by atoms with E-state index in [2.05, 4.69) is 28.1 Å².